The van der Waals surface area contributed by atoms with Crippen LogP contribution in [0.1, 0.15) is 59.8 Å². The number of halogens is 2. The van der Waals surface area contributed by atoms with Gasteiger partial charge in [-0.25, -0.2) is 0 Å². The molecule has 0 N–H and O–H groups in total. The predicted molar refractivity (Wildman–Crippen MR) is 113 cm³/mol. The van der Waals surface area contributed by atoms with Crippen molar-refractivity contribution in [3.05, 3.63) is 103 Å². The van der Waals surface area contributed by atoms with Gasteiger partial charge in [-0.05, 0) is 0 Å². The second-order valence-corrected chi connectivity index (χ2v) is 10.9. The Morgan fingerprint density at radius 1 is 0.690 bits per heavy atom. The number of fused-ring (bicyclic) bond motifs is 2. The molecule has 3 heteroatoms. The van der Waals surface area contributed by atoms with E-state index in [9.17, 15) is 0 Å². The molecular weight excluding hydrogens is 474 g/mol. The van der Waals surface area contributed by atoms with Crippen LogP contribution in [-0.2, 0) is 23.2 Å². The van der Waals surface area contributed by atoms with Crippen LogP contribution in [-0.4, -0.2) is 0 Å². The molecule has 29 heavy (non-hydrogen) atoms. The maximum absolute atomic E-state index is 3.95. The zero-order chi connectivity index (χ0) is 18.6. The zero-order valence-corrected chi connectivity index (χ0v) is 20.6. The van der Waals surface area contributed by atoms with Gasteiger partial charge in [-0.3, -0.25) is 0 Å². The molecule has 2 unspecified atom stereocenters. The van der Waals surface area contributed by atoms with Crippen molar-refractivity contribution in [1.82, 2.24) is 0 Å². The van der Waals surface area contributed by atoms with Gasteiger partial charge in [0.15, 0.2) is 0 Å². The van der Waals surface area contributed by atoms with Crippen molar-refractivity contribution in [3.8, 4) is 0 Å². The largest absolute Gasteiger partial charge is 1.00 e. The molecule has 0 heterocycles. The normalized spacial score (nSPS) is 18.2. The fourth-order valence-electron chi connectivity index (χ4n) is 4.39. The third kappa shape index (κ3) is 5.14. The van der Waals surface area contributed by atoms with E-state index in [0.29, 0.717) is 11.8 Å². The molecule has 0 aliphatic heterocycles. The van der Waals surface area contributed by atoms with Crippen LogP contribution in [0.15, 0.2) is 80.4 Å². The van der Waals surface area contributed by atoms with Gasteiger partial charge in [0.2, 0.25) is 0 Å². The molecule has 2 aliphatic carbocycles. The fraction of sp³-hybridized carbons (Fsp3) is 0.231. The van der Waals surface area contributed by atoms with Gasteiger partial charge >= 0.3 is 176 Å². The van der Waals surface area contributed by atoms with E-state index < -0.39 is 23.2 Å². The van der Waals surface area contributed by atoms with Crippen molar-refractivity contribution in [1.29, 1.82) is 0 Å². The van der Waals surface area contributed by atoms with Gasteiger partial charge in [-0.15, -0.1) is 0 Å². The first kappa shape index (κ1) is 24.1. The summed E-state index contributed by atoms with van der Waals surface area (Å²) in [5.74, 6) is 1.21. The van der Waals surface area contributed by atoms with Crippen LogP contribution in [0.4, 0.5) is 0 Å². The van der Waals surface area contributed by atoms with Crippen molar-refractivity contribution in [2.45, 2.75) is 37.5 Å². The van der Waals surface area contributed by atoms with Crippen LogP contribution in [0.3, 0.4) is 0 Å². The molecular formula is C26H26Cl2Zr. The zero-order valence-electron chi connectivity index (χ0n) is 16.6. The molecule has 0 saturated heterocycles. The van der Waals surface area contributed by atoms with E-state index in [1.54, 1.807) is 6.56 Å². The van der Waals surface area contributed by atoms with Crippen molar-refractivity contribution in [2.75, 3.05) is 0 Å². The third-order valence-corrected chi connectivity index (χ3v) is 9.57. The van der Waals surface area contributed by atoms with Gasteiger partial charge in [-0.1, -0.05) is 0 Å². The minimum atomic E-state index is -0.805. The SMILES string of the molecule is C=CCCC1[C]([Zr+2][C]2=Cc3ccccc3C2CCC=C)=Cc2ccccc21.[Cl-].[Cl-]. The Bertz CT molecular complexity index is 850. The van der Waals surface area contributed by atoms with Crippen LogP contribution in [0.5, 0.6) is 0 Å². The molecule has 2 aromatic carbocycles. The van der Waals surface area contributed by atoms with Gasteiger partial charge in [0.1, 0.15) is 0 Å². The Morgan fingerprint density at radius 2 is 1.10 bits per heavy atom. The molecule has 2 atom stereocenters. The van der Waals surface area contributed by atoms with E-state index >= 15 is 0 Å². The van der Waals surface area contributed by atoms with E-state index in [4.69, 9.17) is 0 Å². The Balaban J connectivity index is 0.00000150. The van der Waals surface area contributed by atoms with E-state index in [1.807, 2.05) is 0 Å². The molecule has 0 amide bonds. The van der Waals surface area contributed by atoms with Crippen LogP contribution >= 0.6 is 0 Å². The maximum Gasteiger partial charge on any atom is -1.00 e. The summed E-state index contributed by atoms with van der Waals surface area (Å²) in [5.41, 5.74) is 5.96. The number of rotatable bonds is 8. The first-order valence-corrected chi connectivity index (χ1v) is 12.4. The van der Waals surface area contributed by atoms with Gasteiger partial charge in [0.25, 0.3) is 0 Å². The van der Waals surface area contributed by atoms with Crippen LogP contribution in [0.2, 0.25) is 0 Å². The van der Waals surface area contributed by atoms with Gasteiger partial charge in [0, 0.05) is 0 Å². The summed E-state index contributed by atoms with van der Waals surface area (Å²) in [6.45, 7) is 7.90. The van der Waals surface area contributed by atoms with Crippen LogP contribution < -0.4 is 24.8 Å². The average molecular weight is 501 g/mol. The summed E-state index contributed by atoms with van der Waals surface area (Å²) in [6, 6.07) is 18.0. The number of hydrogen-bond acceptors (Lipinski definition) is 0. The van der Waals surface area contributed by atoms with Crippen molar-refractivity contribution >= 4 is 12.2 Å². The summed E-state index contributed by atoms with van der Waals surface area (Å²) in [7, 11) is 0. The summed E-state index contributed by atoms with van der Waals surface area (Å²) < 4.78 is 3.48. The molecule has 2 aliphatic rings. The molecule has 0 aromatic heterocycles. The fourth-order valence-corrected chi connectivity index (χ4v) is 8.66. The quantitative estimate of drug-likeness (QED) is 0.480. The summed E-state index contributed by atoms with van der Waals surface area (Å²) in [6.07, 6.45) is 13.8. The summed E-state index contributed by atoms with van der Waals surface area (Å²) >= 11 is -0.805. The summed E-state index contributed by atoms with van der Waals surface area (Å²) in [5, 5.41) is 0. The first-order valence-electron chi connectivity index (χ1n) is 9.91. The Kier molecular flexibility index (Phi) is 9.41. The van der Waals surface area contributed by atoms with E-state index in [2.05, 4.69) is 86.0 Å². The molecule has 0 spiro atoms. The Morgan fingerprint density at radius 3 is 1.52 bits per heavy atom. The number of benzene rings is 2. The van der Waals surface area contributed by atoms with Crippen LogP contribution in [0.25, 0.3) is 12.2 Å². The Hall–Kier alpha value is -1.14. The molecule has 0 bridgehead atoms. The van der Waals surface area contributed by atoms with Crippen LogP contribution in [0, 0.1) is 0 Å². The number of allylic oxidation sites excluding steroid dienone is 4. The van der Waals surface area contributed by atoms with Crippen molar-refractivity contribution in [2.24, 2.45) is 0 Å². The average Bonchev–Trinajstić information content (AvgIpc) is 3.22. The van der Waals surface area contributed by atoms with E-state index in [0.717, 1.165) is 12.8 Å². The molecule has 0 fully saturated rings. The first-order chi connectivity index (χ1) is 13.3. The predicted octanol–water partition coefficient (Wildman–Crippen LogP) is 1.29. The second kappa shape index (κ2) is 11.3. The number of hydrogen-bond donors (Lipinski definition) is 0. The minimum Gasteiger partial charge on any atom is -1.00 e. The molecule has 0 saturated carbocycles. The molecule has 0 nitrogen and oxygen atoms in total. The van der Waals surface area contributed by atoms with Crippen molar-refractivity contribution in [3.63, 3.8) is 0 Å². The summed E-state index contributed by atoms with van der Waals surface area (Å²) in [4.78, 5) is 0. The monoisotopic (exact) mass is 498 g/mol. The maximum atomic E-state index is 3.95. The smallest absolute Gasteiger partial charge is 1.00 e. The molecule has 0 radical (unpaired) electrons. The molecule has 2 aromatic rings. The molecule has 4 rings (SSSR count). The second-order valence-electron chi connectivity index (χ2n) is 7.42. The minimum absolute atomic E-state index is 0. The Labute approximate surface area is 199 Å². The van der Waals surface area contributed by atoms with Gasteiger partial charge in [-0.2, -0.15) is 0 Å². The topological polar surface area (TPSA) is 0 Å². The van der Waals surface area contributed by atoms with E-state index in [-0.39, 0.29) is 24.8 Å². The molecule has 148 valence electrons. The standard InChI is InChI=1S/2C13H13.2ClH.Zr/c2*1-2-3-6-11-9-10-12-7-4-5-8-13(11)12;;;/h2*2,4-5,7-8,10-11H,1,3,6H2;2*1H;/q;;;;+2/p-2. The van der Waals surface area contributed by atoms with Crippen molar-refractivity contribution < 1.29 is 48.0 Å². The van der Waals surface area contributed by atoms with E-state index in [1.165, 1.54) is 35.1 Å². The van der Waals surface area contributed by atoms with Gasteiger partial charge < -0.3 is 24.8 Å². The van der Waals surface area contributed by atoms with Gasteiger partial charge in [0.05, 0.1) is 0 Å². The third-order valence-electron chi connectivity index (χ3n) is 5.72.